The van der Waals surface area contributed by atoms with E-state index in [1.54, 1.807) is 0 Å². The van der Waals surface area contributed by atoms with Gasteiger partial charge in [0.15, 0.2) is 5.78 Å². The Morgan fingerprint density at radius 2 is 2.00 bits per heavy atom. The molecule has 1 N–H and O–H groups in total. The molecule has 2 heteroatoms. The maximum absolute atomic E-state index is 12.2. The van der Waals surface area contributed by atoms with Crippen molar-refractivity contribution in [3.05, 3.63) is 35.4 Å². The van der Waals surface area contributed by atoms with Crippen molar-refractivity contribution in [3.63, 3.8) is 0 Å². The van der Waals surface area contributed by atoms with Gasteiger partial charge < -0.3 is 5.32 Å². The minimum atomic E-state index is 0.268. The molecule has 1 aromatic rings. The first-order valence-electron chi connectivity index (χ1n) is 7.03. The van der Waals surface area contributed by atoms with E-state index in [0.717, 1.165) is 18.5 Å². The molecule has 1 unspecified atom stereocenters. The lowest BCUT2D eigenvalue weighted by atomic mass is 9.95. The minimum Gasteiger partial charge on any atom is -0.314 e. The molecule has 0 amide bonds. The van der Waals surface area contributed by atoms with Gasteiger partial charge in [-0.3, -0.25) is 4.79 Å². The molecular formula is C16H23NO. The lowest BCUT2D eigenvalue weighted by molar-refractivity contribution is 0.0963. The van der Waals surface area contributed by atoms with Crippen LogP contribution in [0.5, 0.6) is 0 Å². The van der Waals surface area contributed by atoms with Crippen molar-refractivity contribution >= 4 is 5.78 Å². The van der Waals surface area contributed by atoms with Gasteiger partial charge in [0.25, 0.3) is 0 Å². The summed E-state index contributed by atoms with van der Waals surface area (Å²) in [7, 11) is 0. The normalized spacial score (nSPS) is 20.1. The van der Waals surface area contributed by atoms with Crippen LogP contribution in [0.3, 0.4) is 0 Å². The molecule has 1 fully saturated rings. The smallest absolute Gasteiger partial charge is 0.164 e. The summed E-state index contributed by atoms with van der Waals surface area (Å²) in [5.41, 5.74) is 2.15. The van der Waals surface area contributed by atoms with Crippen LogP contribution in [-0.4, -0.2) is 18.4 Å². The number of carbonyl (C=O) groups excluding carboxylic acids is 1. The summed E-state index contributed by atoms with van der Waals surface area (Å²) in [5.74, 6) is 0.791. The van der Waals surface area contributed by atoms with Crippen LogP contribution < -0.4 is 5.32 Å². The first-order valence-corrected chi connectivity index (χ1v) is 7.03. The van der Waals surface area contributed by atoms with E-state index in [9.17, 15) is 4.79 Å². The van der Waals surface area contributed by atoms with Crippen molar-refractivity contribution in [1.29, 1.82) is 0 Å². The molecule has 1 aliphatic heterocycles. The molecular weight excluding hydrogens is 222 g/mol. The molecule has 0 aliphatic carbocycles. The summed E-state index contributed by atoms with van der Waals surface area (Å²) in [6.45, 7) is 5.40. The molecule has 0 saturated carbocycles. The second-order valence-corrected chi connectivity index (χ2v) is 5.55. The Bertz CT molecular complexity index is 388. The molecule has 1 aliphatic rings. The first kappa shape index (κ1) is 13.3. The third kappa shape index (κ3) is 3.42. The second kappa shape index (κ2) is 6.14. The molecule has 98 valence electrons. The van der Waals surface area contributed by atoms with Gasteiger partial charge >= 0.3 is 0 Å². The summed E-state index contributed by atoms with van der Waals surface area (Å²) in [4.78, 5) is 12.2. The van der Waals surface area contributed by atoms with Crippen LogP contribution in [0, 0.1) is 0 Å². The van der Waals surface area contributed by atoms with Crippen molar-refractivity contribution in [1.82, 2.24) is 5.32 Å². The van der Waals surface area contributed by atoms with Crippen molar-refractivity contribution < 1.29 is 4.79 Å². The van der Waals surface area contributed by atoms with Crippen molar-refractivity contribution in [2.75, 3.05) is 6.54 Å². The second-order valence-electron chi connectivity index (χ2n) is 5.55. The fourth-order valence-corrected chi connectivity index (χ4v) is 2.49. The quantitative estimate of drug-likeness (QED) is 0.822. The Kier molecular flexibility index (Phi) is 4.54. The van der Waals surface area contributed by atoms with Crippen molar-refractivity contribution in [2.24, 2.45) is 0 Å². The van der Waals surface area contributed by atoms with Gasteiger partial charge in [-0.05, 0) is 30.9 Å². The molecule has 1 aromatic carbocycles. The third-order valence-corrected chi connectivity index (χ3v) is 3.74. The lowest BCUT2D eigenvalue weighted by Gasteiger charge is -2.22. The number of rotatable bonds is 4. The number of hydrogen-bond acceptors (Lipinski definition) is 2. The van der Waals surface area contributed by atoms with Crippen LogP contribution in [0.25, 0.3) is 0 Å². The highest BCUT2D eigenvalue weighted by atomic mass is 16.1. The summed E-state index contributed by atoms with van der Waals surface area (Å²) < 4.78 is 0. The monoisotopic (exact) mass is 245 g/mol. The summed E-state index contributed by atoms with van der Waals surface area (Å²) >= 11 is 0. The number of benzene rings is 1. The van der Waals surface area contributed by atoms with Gasteiger partial charge in [-0.25, -0.2) is 0 Å². The fourth-order valence-electron chi connectivity index (χ4n) is 2.49. The molecule has 18 heavy (non-hydrogen) atoms. The maximum atomic E-state index is 12.2. The van der Waals surface area contributed by atoms with Gasteiger partial charge in [0.2, 0.25) is 0 Å². The van der Waals surface area contributed by atoms with Gasteiger partial charge in [0.05, 0.1) is 0 Å². The number of ketones is 1. The number of Topliss-reactive ketones (excluding diaryl/α,β-unsaturated/α-hetero) is 1. The van der Waals surface area contributed by atoms with E-state index < -0.39 is 0 Å². The Morgan fingerprint density at radius 1 is 1.28 bits per heavy atom. The summed E-state index contributed by atoms with van der Waals surface area (Å²) in [6.07, 6.45) is 4.27. The van der Waals surface area contributed by atoms with Crippen LogP contribution >= 0.6 is 0 Å². The maximum Gasteiger partial charge on any atom is 0.164 e. The van der Waals surface area contributed by atoms with Crippen LogP contribution in [0.1, 0.15) is 61.4 Å². The minimum absolute atomic E-state index is 0.268. The van der Waals surface area contributed by atoms with E-state index in [4.69, 9.17) is 0 Å². The van der Waals surface area contributed by atoms with Crippen LogP contribution in [0.4, 0.5) is 0 Å². The SMILES string of the molecule is CC(C)c1ccc(C(=O)CC2CCCCN2)cc1. The topological polar surface area (TPSA) is 29.1 Å². The van der Waals surface area contributed by atoms with E-state index in [-0.39, 0.29) is 5.78 Å². The molecule has 0 aromatic heterocycles. The largest absolute Gasteiger partial charge is 0.314 e. The molecule has 1 heterocycles. The van der Waals surface area contributed by atoms with Crippen molar-refractivity contribution in [2.45, 2.75) is 51.5 Å². The summed E-state index contributed by atoms with van der Waals surface area (Å²) in [5, 5.41) is 3.43. The zero-order valence-corrected chi connectivity index (χ0v) is 11.4. The summed E-state index contributed by atoms with van der Waals surface area (Å²) in [6, 6.07) is 8.48. The number of carbonyl (C=O) groups is 1. The highest BCUT2D eigenvalue weighted by Crippen LogP contribution is 2.17. The Morgan fingerprint density at radius 3 is 2.56 bits per heavy atom. The molecule has 1 atom stereocenters. The van der Waals surface area contributed by atoms with E-state index in [2.05, 4.69) is 31.3 Å². The van der Waals surface area contributed by atoms with Gasteiger partial charge in [0, 0.05) is 18.0 Å². The van der Waals surface area contributed by atoms with E-state index >= 15 is 0 Å². The van der Waals surface area contributed by atoms with Gasteiger partial charge in [0.1, 0.15) is 0 Å². The Balaban J connectivity index is 1.95. The third-order valence-electron chi connectivity index (χ3n) is 3.74. The van der Waals surface area contributed by atoms with Crippen LogP contribution in [-0.2, 0) is 0 Å². The highest BCUT2D eigenvalue weighted by Gasteiger charge is 2.17. The molecule has 0 spiro atoms. The van der Waals surface area contributed by atoms with Crippen LogP contribution in [0.2, 0.25) is 0 Å². The highest BCUT2D eigenvalue weighted by molar-refractivity contribution is 5.96. The number of piperidine rings is 1. The zero-order valence-electron chi connectivity index (χ0n) is 11.4. The standard InChI is InChI=1S/C16H23NO/c1-12(2)13-6-8-14(9-7-13)16(18)11-15-5-3-4-10-17-15/h6-9,12,15,17H,3-5,10-11H2,1-2H3. The van der Waals surface area contributed by atoms with Gasteiger partial charge in [-0.15, -0.1) is 0 Å². The zero-order chi connectivity index (χ0) is 13.0. The fraction of sp³-hybridized carbons (Fsp3) is 0.562. The average molecular weight is 245 g/mol. The average Bonchev–Trinajstić information content (AvgIpc) is 2.40. The first-order chi connectivity index (χ1) is 8.66. The Hall–Kier alpha value is -1.15. The van der Waals surface area contributed by atoms with Gasteiger partial charge in [-0.1, -0.05) is 44.5 Å². The van der Waals surface area contributed by atoms with E-state index in [1.807, 2.05) is 12.1 Å². The molecule has 2 nitrogen and oxygen atoms in total. The van der Waals surface area contributed by atoms with E-state index in [1.165, 1.54) is 18.4 Å². The predicted octanol–water partition coefficient (Wildman–Crippen LogP) is 3.52. The van der Waals surface area contributed by atoms with Crippen LogP contribution in [0.15, 0.2) is 24.3 Å². The number of hydrogen-bond donors (Lipinski definition) is 1. The Labute approximate surface area is 110 Å². The predicted molar refractivity (Wildman–Crippen MR) is 75.1 cm³/mol. The molecule has 0 radical (unpaired) electrons. The van der Waals surface area contributed by atoms with E-state index in [0.29, 0.717) is 18.4 Å². The molecule has 0 bridgehead atoms. The molecule has 1 saturated heterocycles. The van der Waals surface area contributed by atoms with Crippen molar-refractivity contribution in [3.8, 4) is 0 Å². The lowest BCUT2D eigenvalue weighted by Crippen LogP contribution is -2.35. The molecule has 2 rings (SSSR count). The van der Waals surface area contributed by atoms with Gasteiger partial charge in [-0.2, -0.15) is 0 Å². The number of nitrogens with one attached hydrogen (secondary N) is 1.